The van der Waals surface area contributed by atoms with Crippen molar-refractivity contribution in [1.29, 1.82) is 0 Å². The van der Waals surface area contributed by atoms with Crippen molar-refractivity contribution in [2.45, 2.75) is 26.3 Å². The number of fused-ring (bicyclic) bond motifs is 3. The second-order valence-corrected chi connectivity index (χ2v) is 5.04. The molecule has 21 heavy (non-hydrogen) atoms. The molecule has 0 saturated carbocycles. The summed E-state index contributed by atoms with van der Waals surface area (Å²) in [5, 5.41) is 0.929. The fraction of sp³-hybridized carbons (Fsp3) is 0.267. The number of carbonyl (C=O) groups excluding carboxylic acids is 1. The third kappa shape index (κ3) is 2.18. The number of anilines is 1. The van der Waals surface area contributed by atoms with Crippen molar-refractivity contribution in [2.24, 2.45) is 5.73 Å². The Morgan fingerprint density at radius 1 is 1.29 bits per heavy atom. The molecule has 1 aromatic carbocycles. The highest BCUT2D eigenvalue weighted by Crippen LogP contribution is 2.28. The van der Waals surface area contributed by atoms with Gasteiger partial charge in [-0.15, -0.1) is 0 Å². The summed E-state index contributed by atoms with van der Waals surface area (Å²) in [5.41, 5.74) is 13.7. The molecule has 2 heterocycles. The van der Waals surface area contributed by atoms with Gasteiger partial charge in [0.1, 0.15) is 17.9 Å². The van der Waals surface area contributed by atoms with Crippen molar-refractivity contribution < 1.29 is 4.79 Å². The number of rotatable bonds is 4. The Morgan fingerprint density at radius 3 is 2.76 bits per heavy atom. The van der Waals surface area contributed by atoms with E-state index in [9.17, 15) is 4.79 Å². The average Bonchev–Trinajstić information content (AvgIpc) is 2.79. The molecule has 3 rings (SSSR count). The third-order valence-electron chi connectivity index (χ3n) is 3.48. The molecule has 0 bridgehead atoms. The van der Waals surface area contributed by atoms with E-state index in [-0.39, 0.29) is 6.54 Å². The molecule has 6 heteroatoms. The predicted molar refractivity (Wildman–Crippen MR) is 82.6 cm³/mol. The lowest BCUT2D eigenvalue weighted by Crippen LogP contribution is -2.20. The number of benzene rings is 1. The molecule has 4 N–H and O–H groups in total. The summed E-state index contributed by atoms with van der Waals surface area (Å²) in [7, 11) is 0. The molecule has 0 unspecified atom stereocenters. The normalized spacial score (nSPS) is 11.3. The highest BCUT2D eigenvalue weighted by Gasteiger charge is 2.17. The molecule has 3 aromatic rings. The first-order valence-electron chi connectivity index (χ1n) is 6.93. The molecule has 0 aliphatic rings. The van der Waals surface area contributed by atoms with Gasteiger partial charge in [0.05, 0.1) is 11.0 Å². The minimum atomic E-state index is -0.397. The Labute approximate surface area is 121 Å². The van der Waals surface area contributed by atoms with Gasteiger partial charge in [-0.25, -0.2) is 9.97 Å². The minimum absolute atomic E-state index is 0.0965. The van der Waals surface area contributed by atoms with Gasteiger partial charge in [0, 0.05) is 11.8 Å². The Hall–Kier alpha value is -2.63. The van der Waals surface area contributed by atoms with Crippen LogP contribution in [0.15, 0.2) is 24.3 Å². The summed E-state index contributed by atoms with van der Waals surface area (Å²) in [5.74, 6) is 0.798. The van der Waals surface area contributed by atoms with Crippen LogP contribution in [0.3, 0.4) is 0 Å². The SMILES string of the molecule is CCCc1nc2c(N)nc3ccccc3c2n1CC(N)=O. The molecule has 0 aliphatic carbocycles. The van der Waals surface area contributed by atoms with E-state index < -0.39 is 5.91 Å². The summed E-state index contributed by atoms with van der Waals surface area (Å²) < 4.78 is 1.86. The van der Waals surface area contributed by atoms with Crippen LogP contribution in [0.1, 0.15) is 19.2 Å². The number of hydrogen-bond acceptors (Lipinski definition) is 4. The maximum absolute atomic E-state index is 11.4. The number of carbonyl (C=O) groups is 1. The van der Waals surface area contributed by atoms with Crippen molar-refractivity contribution in [3.8, 4) is 0 Å². The van der Waals surface area contributed by atoms with Gasteiger partial charge in [-0.2, -0.15) is 0 Å². The van der Waals surface area contributed by atoms with Crippen LogP contribution in [-0.4, -0.2) is 20.4 Å². The Morgan fingerprint density at radius 2 is 2.05 bits per heavy atom. The van der Waals surface area contributed by atoms with Gasteiger partial charge in [-0.3, -0.25) is 4.79 Å². The van der Waals surface area contributed by atoms with Gasteiger partial charge in [-0.05, 0) is 12.5 Å². The van der Waals surface area contributed by atoms with Crippen LogP contribution in [0.4, 0.5) is 5.82 Å². The van der Waals surface area contributed by atoms with Crippen LogP contribution >= 0.6 is 0 Å². The smallest absolute Gasteiger partial charge is 0.237 e. The van der Waals surface area contributed by atoms with Crippen LogP contribution in [0.5, 0.6) is 0 Å². The molecule has 0 spiro atoms. The molecule has 2 aromatic heterocycles. The molecule has 1 amide bonds. The van der Waals surface area contributed by atoms with E-state index >= 15 is 0 Å². The van der Waals surface area contributed by atoms with Gasteiger partial charge in [0.15, 0.2) is 5.82 Å². The van der Waals surface area contributed by atoms with Crippen molar-refractivity contribution in [2.75, 3.05) is 5.73 Å². The fourth-order valence-corrected chi connectivity index (χ4v) is 2.65. The predicted octanol–water partition coefficient (Wildman–Crippen LogP) is 1.60. The zero-order valence-corrected chi connectivity index (χ0v) is 11.8. The van der Waals surface area contributed by atoms with Crippen molar-refractivity contribution in [3.05, 3.63) is 30.1 Å². The first-order chi connectivity index (χ1) is 10.1. The van der Waals surface area contributed by atoms with E-state index in [0.717, 1.165) is 35.1 Å². The summed E-state index contributed by atoms with van der Waals surface area (Å²) in [6, 6.07) is 7.69. The molecular formula is C15H17N5O. The van der Waals surface area contributed by atoms with E-state index in [2.05, 4.69) is 16.9 Å². The van der Waals surface area contributed by atoms with Crippen LogP contribution in [0.2, 0.25) is 0 Å². The average molecular weight is 283 g/mol. The lowest BCUT2D eigenvalue weighted by atomic mass is 10.2. The largest absolute Gasteiger partial charge is 0.382 e. The zero-order valence-electron chi connectivity index (χ0n) is 11.8. The Balaban J connectivity index is 2.42. The maximum atomic E-state index is 11.4. The number of amides is 1. The van der Waals surface area contributed by atoms with Crippen LogP contribution in [0.25, 0.3) is 21.9 Å². The Kier molecular flexibility index (Phi) is 3.21. The second-order valence-electron chi connectivity index (χ2n) is 5.04. The van der Waals surface area contributed by atoms with Crippen LogP contribution in [0, 0.1) is 0 Å². The van der Waals surface area contributed by atoms with Gasteiger partial charge in [0.2, 0.25) is 5.91 Å². The molecule has 108 valence electrons. The number of aromatic nitrogens is 3. The number of aryl methyl sites for hydroxylation is 1. The number of pyridine rings is 1. The number of primary amides is 1. The maximum Gasteiger partial charge on any atom is 0.237 e. The van der Waals surface area contributed by atoms with Crippen molar-refractivity contribution in [1.82, 2.24) is 14.5 Å². The summed E-state index contributed by atoms with van der Waals surface area (Å²) in [6.07, 6.45) is 1.68. The minimum Gasteiger partial charge on any atom is -0.382 e. The quantitative estimate of drug-likeness (QED) is 0.759. The lowest BCUT2D eigenvalue weighted by molar-refractivity contribution is -0.118. The standard InChI is InChI=1S/C15H17N5O/c1-2-5-12-19-13-14(20(12)8-11(16)21)9-6-3-4-7-10(9)18-15(13)17/h3-4,6-7H,2,5,8H2,1H3,(H2,16,21)(H2,17,18). The van der Waals surface area contributed by atoms with Crippen molar-refractivity contribution in [3.63, 3.8) is 0 Å². The molecular weight excluding hydrogens is 266 g/mol. The zero-order chi connectivity index (χ0) is 15.0. The molecule has 0 saturated heterocycles. The van der Waals surface area contributed by atoms with Gasteiger partial charge in [0.25, 0.3) is 0 Å². The summed E-state index contributed by atoms with van der Waals surface area (Å²) in [6.45, 7) is 2.16. The van der Waals surface area contributed by atoms with E-state index in [1.165, 1.54) is 0 Å². The number of hydrogen-bond donors (Lipinski definition) is 2. The molecule has 0 radical (unpaired) electrons. The number of imidazole rings is 1. The van der Waals surface area contributed by atoms with E-state index in [0.29, 0.717) is 11.3 Å². The molecule has 6 nitrogen and oxygen atoms in total. The van der Waals surface area contributed by atoms with E-state index in [1.54, 1.807) is 0 Å². The van der Waals surface area contributed by atoms with Crippen LogP contribution < -0.4 is 11.5 Å². The number of para-hydroxylation sites is 1. The first-order valence-corrected chi connectivity index (χ1v) is 6.93. The second kappa shape index (κ2) is 5.05. The highest BCUT2D eigenvalue weighted by molar-refractivity contribution is 6.06. The Bertz CT molecular complexity index is 837. The lowest BCUT2D eigenvalue weighted by Gasteiger charge is -2.08. The van der Waals surface area contributed by atoms with Gasteiger partial charge in [-0.1, -0.05) is 25.1 Å². The number of nitrogens with zero attached hydrogens (tertiary/aromatic N) is 3. The van der Waals surface area contributed by atoms with E-state index in [4.69, 9.17) is 11.5 Å². The molecule has 0 fully saturated rings. The summed E-state index contributed by atoms with van der Waals surface area (Å²) in [4.78, 5) is 20.4. The first kappa shape index (κ1) is 13.4. The number of nitrogens with two attached hydrogens (primary N) is 2. The fourth-order valence-electron chi connectivity index (χ4n) is 2.65. The van der Waals surface area contributed by atoms with Gasteiger partial charge < -0.3 is 16.0 Å². The highest BCUT2D eigenvalue weighted by atomic mass is 16.1. The molecule has 0 aliphatic heterocycles. The van der Waals surface area contributed by atoms with E-state index in [1.807, 2.05) is 28.8 Å². The van der Waals surface area contributed by atoms with Crippen LogP contribution in [-0.2, 0) is 17.8 Å². The monoisotopic (exact) mass is 283 g/mol. The van der Waals surface area contributed by atoms with Crippen molar-refractivity contribution >= 4 is 33.7 Å². The summed E-state index contributed by atoms with van der Waals surface area (Å²) >= 11 is 0. The molecule has 0 atom stereocenters. The third-order valence-corrected chi connectivity index (χ3v) is 3.48. The number of nitrogen functional groups attached to an aromatic ring is 1. The topological polar surface area (TPSA) is 99.8 Å². The van der Waals surface area contributed by atoms with Gasteiger partial charge >= 0.3 is 0 Å².